The number of hydrogen-bond acceptors (Lipinski definition) is 4. The summed E-state index contributed by atoms with van der Waals surface area (Å²) in [6, 6.07) is 15.8. The minimum atomic E-state index is -0.348. The van der Waals surface area contributed by atoms with Crippen LogP contribution in [-0.4, -0.2) is 28.1 Å². The number of amides is 1. The highest BCUT2D eigenvalue weighted by molar-refractivity contribution is 8.16. The molecule has 4 nitrogen and oxygen atoms in total. The number of hydrogen-bond donors (Lipinski definition) is 1. The van der Waals surface area contributed by atoms with Crippen LogP contribution in [0.4, 0.5) is 10.1 Å². The number of rotatable bonds is 4. The molecule has 1 aliphatic heterocycles. The molecule has 2 aromatic carbocycles. The number of carbonyl (C=O) groups is 1. The molecule has 0 radical (unpaired) electrons. The Labute approximate surface area is 168 Å². The van der Waals surface area contributed by atoms with Gasteiger partial charge >= 0.3 is 0 Å². The quantitative estimate of drug-likeness (QED) is 0.787. The van der Waals surface area contributed by atoms with Gasteiger partial charge in [0.25, 0.3) is 0 Å². The van der Waals surface area contributed by atoms with E-state index in [9.17, 15) is 9.18 Å². The third-order valence-corrected chi connectivity index (χ3v) is 5.97. The van der Waals surface area contributed by atoms with Gasteiger partial charge in [-0.25, -0.2) is 9.38 Å². The van der Waals surface area contributed by atoms with Crippen LogP contribution in [0.5, 0.6) is 0 Å². The molecule has 0 bridgehead atoms. The molecule has 0 saturated heterocycles. The summed E-state index contributed by atoms with van der Waals surface area (Å²) in [5.74, 6) is -0.233. The fourth-order valence-electron chi connectivity index (χ4n) is 3.61. The molecule has 28 heavy (non-hydrogen) atoms. The monoisotopic (exact) mass is 395 g/mol. The number of carbonyl (C=O) groups excluding carboxylic acids is 1. The van der Waals surface area contributed by atoms with E-state index in [1.807, 2.05) is 30.3 Å². The van der Waals surface area contributed by atoms with Gasteiger partial charge in [-0.05, 0) is 49.9 Å². The zero-order valence-corrected chi connectivity index (χ0v) is 16.3. The van der Waals surface area contributed by atoms with E-state index in [0.29, 0.717) is 5.69 Å². The SMILES string of the molecule is O=C(CSC1=NC2(CCCCC2)N=C1c1ccccc1)Nc1ccc(F)cc1. The van der Waals surface area contributed by atoms with E-state index in [1.54, 1.807) is 12.1 Å². The predicted molar refractivity (Wildman–Crippen MR) is 114 cm³/mol. The summed E-state index contributed by atoms with van der Waals surface area (Å²) in [4.78, 5) is 22.3. The smallest absolute Gasteiger partial charge is 0.234 e. The zero-order chi connectivity index (χ0) is 19.4. The molecule has 2 aliphatic rings. The Balaban J connectivity index is 1.48. The largest absolute Gasteiger partial charge is 0.325 e. The topological polar surface area (TPSA) is 53.8 Å². The van der Waals surface area contributed by atoms with Crippen LogP contribution in [0.2, 0.25) is 0 Å². The molecule has 1 heterocycles. The van der Waals surface area contributed by atoms with Crippen molar-refractivity contribution < 1.29 is 9.18 Å². The highest BCUT2D eigenvalue weighted by atomic mass is 32.2. The van der Waals surface area contributed by atoms with Crippen molar-refractivity contribution in [3.05, 3.63) is 66.0 Å². The standard InChI is InChI=1S/C22H22FN3OS/c23-17-9-11-18(12-10-17)24-19(27)15-28-21-20(16-7-3-1-4-8-16)25-22(26-21)13-5-2-6-14-22/h1,3-4,7-12H,2,5-6,13-15H2,(H,24,27). The minimum absolute atomic E-state index is 0.142. The average Bonchev–Trinajstić information content (AvgIpc) is 3.07. The first kappa shape index (κ1) is 18.9. The van der Waals surface area contributed by atoms with Crippen molar-refractivity contribution in [1.82, 2.24) is 0 Å². The normalized spacial score (nSPS) is 17.9. The van der Waals surface area contributed by atoms with Crippen LogP contribution in [0.15, 0.2) is 64.6 Å². The number of aliphatic imine (C=N–C) groups is 2. The van der Waals surface area contributed by atoms with Crippen LogP contribution in [0, 0.1) is 5.82 Å². The van der Waals surface area contributed by atoms with Crippen LogP contribution in [0.25, 0.3) is 0 Å². The minimum Gasteiger partial charge on any atom is -0.325 e. The van der Waals surface area contributed by atoms with E-state index < -0.39 is 0 Å². The first-order valence-corrected chi connectivity index (χ1v) is 10.6. The van der Waals surface area contributed by atoms with Gasteiger partial charge < -0.3 is 5.32 Å². The Morgan fingerprint density at radius 3 is 2.43 bits per heavy atom. The lowest BCUT2D eigenvalue weighted by molar-refractivity contribution is -0.113. The number of halogens is 1. The van der Waals surface area contributed by atoms with E-state index >= 15 is 0 Å². The molecular formula is C22H22FN3OS. The van der Waals surface area contributed by atoms with Crippen molar-refractivity contribution in [3.8, 4) is 0 Å². The molecule has 0 aromatic heterocycles. The van der Waals surface area contributed by atoms with Crippen molar-refractivity contribution in [2.75, 3.05) is 11.1 Å². The Hall–Kier alpha value is -2.47. The Morgan fingerprint density at radius 2 is 1.71 bits per heavy atom. The highest BCUT2D eigenvalue weighted by Crippen LogP contribution is 2.38. The van der Waals surface area contributed by atoms with Gasteiger partial charge in [0.1, 0.15) is 10.9 Å². The number of thioether (sulfide) groups is 1. The zero-order valence-electron chi connectivity index (χ0n) is 15.5. The summed E-state index contributed by atoms with van der Waals surface area (Å²) in [6.45, 7) is 0. The molecule has 1 saturated carbocycles. The second-order valence-corrected chi connectivity index (χ2v) is 8.09. The molecule has 0 atom stereocenters. The van der Waals surface area contributed by atoms with Crippen LogP contribution in [0.1, 0.15) is 37.7 Å². The van der Waals surface area contributed by atoms with E-state index in [-0.39, 0.29) is 23.1 Å². The molecule has 4 rings (SSSR count). The Kier molecular flexibility index (Phi) is 5.57. The average molecular weight is 396 g/mol. The molecule has 1 fully saturated rings. The van der Waals surface area contributed by atoms with Gasteiger partial charge in [-0.15, -0.1) is 0 Å². The third-order valence-electron chi connectivity index (χ3n) is 5.00. The van der Waals surface area contributed by atoms with Crippen LogP contribution in [-0.2, 0) is 4.79 Å². The molecule has 2 aromatic rings. The van der Waals surface area contributed by atoms with Gasteiger partial charge in [0.15, 0.2) is 5.66 Å². The lowest BCUT2D eigenvalue weighted by Gasteiger charge is -2.27. The fourth-order valence-corrected chi connectivity index (χ4v) is 4.49. The highest BCUT2D eigenvalue weighted by Gasteiger charge is 2.37. The molecule has 6 heteroatoms. The predicted octanol–water partition coefficient (Wildman–Crippen LogP) is 5.06. The van der Waals surface area contributed by atoms with Crippen molar-refractivity contribution in [3.63, 3.8) is 0 Å². The molecule has 144 valence electrons. The van der Waals surface area contributed by atoms with Crippen LogP contribution >= 0.6 is 11.8 Å². The summed E-state index contributed by atoms with van der Waals surface area (Å²) in [6.07, 6.45) is 5.44. The van der Waals surface area contributed by atoms with Crippen molar-refractivity contribution in [2.45, 2.75) is 37.8 Å². The number of anilines is 1. The molecule has 0 unspecified atom stereocenters. The fraction of sp³-hybridized carbons (Fsp3) is 0.318. The first-order chi connectivity index (χ1) is 13.6. The van der Waals surface area contributed by atoms with Gasteiger partial charge in [-0.3, -0.25) is 9.79 Å². The maximum atomic E-state index is 13.0. The van der Waals surface area contributed by atoms with Crippen molar-refractivity contribution >= 4 is 34.1 Å². The number of nitrogens with one attached hydrogen (secondary N) is 1. The second-order valence-electron chi connectivity index (χ2n) is 7.13. The van der Waals surface area contributed by atoms with Crippen molar-refractivity contribution in [1.29, 1.82) is 0 Å². The van der Waals surface area contributed by atoms with Gasteiger partial charge in [0.2, 0.25) is 5.91 Å². The number of nitrogens with zero attached hydrogens (tertiary/aromatic N) is 2. The van der Waals surface area contributed by atoms with E-state index in [4.69, 9.17) is 9.98 Å². The first-order valence-electron chi connectivity index (χ1n) is 9.57. The van der Waals surface area contributed by atoms with Crippen LogP contribution < -0.4 is 5.32 Å². The number of benzene rings is 2. The van der Waals surface area contributed by atoms with E-state index in [2.05, 4.69) is 5.32 Å². The molecule has 1 spiro atoms. The summed E-state index contributed by atoms with van der Waals surface area (Å²) < 4.78 is 13.0. The van der Waals surface area contributed by atoms with Gasteiger partial charge in [0, 0.05) is 11.3 Å². The second kappa shape index (κ2) is 8.27. The van der Waals surface area contributed by atoms with Crippen LogP contribution in [0.3, 0.4) is 0 Å². The third kappa shape index (κ3) is 4.33. The molecule has 1 aliphatic carbocycles. The summed E-state index contributed by atoms with van der Waals surface area (Å²) in [5, 5.41) is 3.63. The van der Waals surface area contributed by atoms with Gasteiger partial charge in [-0.2, -0.15) is 0 Å². The maximum Gasteiger partial charge on any atom is 0.234 e. The molecular weight excluding hydrogens is 373 g/mol. The lowest BCUT2D eigenvalue weighted by Crippen LogP contribution is -2.25. The maximum absolute atomic E-state index is 13.0. The van der Waals surface area contributed by atoms with Gasteiger partial charge in [0.05, 0.1) is 11.5 Å². The molecule has 1 amide bonds. The summed E-state index contributed by atoms with van der Waals surface area (Å²) in [7, 11) is 0. The Morgan fingerprint density at radius 1 is 1.00 bits per heavy atom. The van der Waals surface area contributed by atoms with E-state index in [1.165, 1.54) is 30.3 Å². The summed E-state index contributed by atoms with van der Waals surface area (Å²) in [5.41, 5.74) is 2.16. The molecule has 1 N–H and O–H groups in total. The summed E-state index contributed by atoms with van der Waals surface area (Å²) >= 11 is 1.42. The van der Waals surface area contributed by atoms with E-state index in [0.717, 1.165) is 42.0 Å². The van der Waals surface area contributed by atoms with Crippen molar-refractivity contribution in [2.24, 2.45) is 9.98 Å². The van der Waals surface area contributed by atoms with Gasteiger partial charge in [-0.1, -0.05) is 48.5 Å². The Bertz CT molecular complexity index is 903. The lowest BCUT2D eigenvalue weighted by atomic mass is 9.90.